The SMILES string of the molecule is CCCC1=NSC(C(=O)OCC)C1=O. The lowest BCUT2D eigenvalue weighted by atomic mass is 10.1. The fourth-order valence-electron chi connectivity index (χ4n) is 1.13. The summed E-state index contributed by atoms with van der Waals surface area (Å²) < 4.78 is 8.74. The number of ether oxygens (including phenoxy) is 1. The quantitative estimate of drug-likeness (QED) is 0.404. The van der Waals surface area contributed by atoms with Gasteiger partial charge >= 0.3 is 5.97 Å². The van der Waals surface area contributed by atoms with Crippen molar-refractivity contribution in [2.45, 2.75) is 31.9 Å². The largest absolute Gasteiger partial charge is 0.465 e. The minimum atomic E-state index is -0.753. The van der Waals surface area contributed by atoms with E-state index >= 15 is 0 Å². The highest BCUT2D eigenvalue weighted by atomic mass is 32.2. The average Bonchev–Trinajstić information content (AvgIpc) is 2.49. The maximum Gasteiger partial charge on any atom is 0.329 e. The normalized spacial score (nSPS) is 20.9. The molecule has 1 unspecified atom stereocenters. The van der Waals surface area contributed by atoms with E-state index in [1.165, 1.54) is 0 Å². The van der Waals surface area contributed by atoms with Crippen LogP contribution in [0.15, 0.2) is 4.40 Å². The van der Waals surface area contributed by atoms with E-state index in [0.29, 0.717) is 18.7 Å². The second-order valence-corrected chi connectivity index (χ2v) is 3.75. The molecule has 0 N–H and O–H groups in total. The predicted molar refractivity (Wildman–Crippen MR) is 55.4 cm³/mol. The van der Waals surface area contributed by atoms with Crippen molar-refractivity contribution < 1.29 is 14.3 Å². The maximum absolute atomic E-state index is 11.6. The molecule has 0 amide bonds. The van der Waals surface area contributed by atoms with Crippen molar-refractivity contribution in [2.24, 2.45) is 4.40 Å². The molecule has 14 heavy (non-hydrogen) atoms. The standard InChI is InChI=1S/C9H13NO3S/c1-3-5-6-7(11)8(14-10-6)9(12)13-4-2/h8H,3-5H2,1-2H3. The number of nitrogens with zero attached hydrogens (tertiary/aromatic N) is 1. The van der Waals surface area contributed by atoms with Gasteiger partial charge in [0.25, 0.3) is 0 Å². The average molecular weight is 215 g/mol. The van der Waals surface area contributed by atoms with Crippen molar-refractivity contribution in [1.82, 2.24) is 0 Å². The van der Waals surface area contributed by atoms with Gasteiger partial charge in [-0.25, -0.2) is 4.40 Å². The summed E-state index contributed by atoms with van der Waals surface area (Å²) in [6.45, 7) is 3.99. The Morgan fingerprint density at radius 3 is 2.86 bits per heavy atom. The fourth-order valence-corrected chi connectivity index (χ4v) is 1.93. The molecule has 0 saturated heterocycles. The van der Waals surface area contributed by atoms with Crippen LogP contribution in [0, 0.1) is 0 Å². The van der Waals surface area contributed by atoms with E-state index < -0.39 is 11.2 Å². The molecule has 0 fully saturated rings. The van der Waals surface area contributed by atoms with E-state index in [1.807, 2.05) is 6.92 Å². The van der Waals surface area contributed by atoms with Gasteiger partial charge in [-0.3, -0.25) is 9.59 Å². The number of rotatable bonds is 4. The Labute approximate surface area is 87.2 Å². The first kappa shape index (κ1) is 11.2. The molecule has 0 aromatic heterocycles. The minimum Gasteiger partial charge on any atom is -0.465 e. The summed E-state index contributed by atoms with van der Waals surface area (Å²) in [4.78, 5) is 22.8. The highest BCUT2D eigenvalue weighted by molar-refractivity contribution is 8.01. The molecule has 0 spiro atoms. The molecular weight excluding hydrogens is 202 g/mol. The number of ketones is 1. The summed E-state index contributed by atoms with van der Waals surface area (Å²) in [5, 5.41) is -0.753. The van der Waals surface area contributed by atoms with Crippen LogP contribution in [-0.4, -0.2) is 29.3 Å². The third kappa shape index (κ3) is 2.35. The van der Waals surface area contributed by atoms with Gasteiger partial charge in [-0.05, 0) is 25.3 Å². The monoisotopic (exact) mass is 215 g/mol. The topological polar surface area (TPSA) is 55.7 Å². The van der Waals surface area contributed by atoms with Crippen LogP contribution in [0.4, 0.5) is 0 Å². The highest BCUT2D eigenvalue weighted by Gasteiger charge is 2.36. The Kier molecular flexibility index (Phi) is 4.13. The Balaban J connectivity index is 2.55. The van der Waals surface area contributed by atoms with Gasteiger partial charge in [0.15, 0.2) is 5.25 Å². The summed E-state index contributed by atoms with van der Waals surface area (Å²) in [7, 11) is 0. The lowest BCUT2D eigenvalue weighted by Crippen LogP contribution is -2.29. The molecule has 0 aliphatic carbocycles. The van der Waals surface area contributed by atoms with Gasteiger partial charge in [0, 0.05) is 0 Å². The number of Topliss-reactive ketones (excluding diaryl/α,β-unsaturated/α-hetero) is 1. The molecule has 1 heterocycles. The van der Waals surface area contributed by atoms with Gasteiger partial charge < -0.3 is 4.74 Å². The van der Waals surface area contributed by atoms with E-state index in [4.69, 9.17) is 4.74 Å². The summed E-state index contributed by atoms with van der Waals surface area (Å²) in [5.41, 5.74) is 0.510. The molecule has 5 heteroatoms. The number of esters is 1. The van der Waals surface area contributed by atoms with E-state index in [-0.39, 0.29) is 5.78 Å². The zero-order valence-electron chi connectivity index (χ0n) is 8.28. The second kappa shape index (κ2) is 5.14. The molecule has 0 aromatic carbocycles. The third-order valence-electron chi connectivity index (χ3n) is 1.78. The lowest BCUT2D eigenvalue weighted by Gasteiger charge is -2.04. The smallest absolute Gasteiger partial charge is 0.329 e. The number of hydrogen-bond donors (Lipinski definition) is 0. The van der Waals surface area contributed by atoms with Gasteiger partial charge in [0.05, 0.1) is 12.3 Å². The van der Waals surface area contributed by atoms with Crippen molar-refractivity contribution in [1.29, 1.82) is 0 Å². The number of carbonyl (C=O) groups excluding carboxylic acids is 2. The molecule has 0 bridgehead atoms. The summed E-state index contributed by atoms with van der Waals surface area (Å²) in [6, 6.07) is 0. The van der Waals surface area contributed by atoms with E-state index in [1.54, 1.807) is 6.92 Å². The Bertz CT molecular complexity index is 275. The molecule has 78 valence electrons. The van der Waals surface area contributed by atoms with Crippen molar-refractivity contribution in [3.63, 3.8) is 0 Å². The first-order valence-corrected chi connectivity index (χ1v) is 5.47. The molecule has 4 nitrogen and oxygen atoms in total. The molecule has 0 radical (unpaired) electrons. The van der Waals surface area contributed by atoms with Crippen LogP contribution in [0.5, 0.6) is 0 Å². The lowest BCUT2D eigenvalue weighted by molar-refractivity contribution is -0.143. The van der Waals surface area contributed by atoms with Crippen LogP contribution >= 0.6 is 11.9 Å². The van der Waals surface area contributed by atoms with Crippen molar-refractivity contribution in [3.8, 4) is 0 Å². The zero-order chi connectivity index (χ0) is 10.6. The van der Waals surface area contributed by atoms with Crippen LogP contribution in [0.2, 0.25) is 0 Å². The molecule has 1 aliphatic rings. The summed E-state index contributed by atoms with van der Waals surface area (Å²) in [5.74, 6) is -0.660. The minimum absolute atomic E-state index is 0.185. The van der Waals surface area contributed by atoms with Crippen LogP contribution < -0.4 is 0 Å². The molecule has 0 aromatic rings. The van der Waals surface area contributed by atoms with Crippen LogP contribution in [0.25, 0.3) is 0 Å². The third-order valence-corrected chi connectivity index (χ3v) is 2.72. The summed E-state index contributed by atoms with van der Waals surface area (Å²) in [6.07, 6.45) is 1.50. The Morgan fingerprint density at radius 2 is 2.29 bits per heavy atom. The zero-order valence-corrected chi connectivity index (χ0v) is 9.10. The molecule has 1 rings (SSSR count). The Morgan fingerprint density at radius 1 is 1.57 bits per heavy atom. The van der Waals surface area contributed by atoms with Crippen molar-refractivity contribution >= 4 is 29.4 Å². The highest BCUT2D eigenvalue weighted by Crippen LogP contribution is 2.24. The van der Waals surface area contributed by atoms with Gasteiger partial charge in [0.2, 0.25) is 5.78 Å². The Hall–Kier alpha value is -0.840. The first-order chi connectivity index (χ1) is 6.70. The van der Waals surface area contributed by atoms with Crippen molar-refractivity contribution in [3.05, 3.63) is 0 Å². The predicted octanol–water partition coefficient (Wildman–Crippen LogP) is 1.39. The number of hydrogen-bond acceptors (Lipinski definition) is 5. The van der Waals surface area contributed by atoms with Crippen molar-refractivity contribution in [2.75, 3.05) is 6.61 Å². The first-order valence-electron chi connectivity index (χ1n) is 4.64. The molecular formula is C9H13NO3S. The van der Waals surface area contributed by atoms with Gasteiger partial charge in [-0.2, -0.15) is 0 Å². The van der Waals surface area contributed by atoms with Gasteiger partial charge in [0.1, 0.15) is 0 Å². The van der Waals surface area contributed by atoms with Crippen LogP contribution in [0.1, 0.15) is 26.7 Å². The van der Waals surface area contributed by atoms with Gasteiger partial charge in [-0.15, -0.1) is 0 Å². The van der Waals surface area contributed by atoms with E-state index in [2.05, 4.69) is 4.40 Å². The van der Waals surface area contributed by atoms with E-state index in [0.717, 1.165) is 18.4 Å². The molecule has 1 aliphatic heterocycles. The maximum atomic E-state index is 11.6. The van der Waals surface area contributed by atoms with E-state index in [9.17, 15) is 9.59 Å². The fraction of sp³-hybridized carbons (Fsp3) is 0.667. The van der Waals surface area contributed by atoms with Crippen LogP contribution in [-0.2, 0) is 14.3 Å². The number of carbonyl (C=O) groups is 2. The second-order valence-electron chi connectivity index (χ2n) is 2.89. The molecule has 1 atom stereocenters. The van der Waals surface area contributed by atoms with Crippen LogP contribution in [0.3, 0.4) is 0 Å². The van der Waals surface area contributed by atoms with Gasteiger partial charge in [-0.1, -0.05) is 13.3 Å². The summed E-state index contributed by atoms with van der Waals surface area (Å²) >= 11 is 1.01. The molecule has 0 saturated carbocycles.